The minimum absolute atomic E-state index is 0.196. The van der Waals surface area contributed by atoms with Crippen LogP contribution in [0.1, 0.15) is 38.3 Å². The van der Waals surface area contributed by atoms with Crippen molar-refractivity contribution in [2.24, 2.45) is 5.92 Å². The smallest absolute Gasteiger partial charge is 0.306 e. The van der Waals surface area contributed by atoms with Gasteiger partial charge in [0.25, 0.3) is 0 Å². The predicted molar refractivity (Wildman–Crippen MR) is 77.9 cm³/mol. The fourth-order valence-electron chi connectivity index (χ4n) is 3.08. The average Bonchev–Trinajstić information content (AvgIpc) is 2.46. The maximum absolute atomic E-state index is 11.1. The van der Waals surface area contributed by atoms with Gasteiger partial charge in [-0.3, -0.25) is 9.69 Å². The van der Waals surface area contributed by atoms with Crippen molar-refractivity contribution in [3.63, 3.8) is 0 Å². The monoisotopic (exact) mass is 277 g/mol. The largest absolute Gasteiger partial charge is 0.497 e. The van der Waals surface area contributed by atoms with Crippen LogP contribution in [0.3, 0.4) is 0 Å². The van der Waals surface area contributed by atoms with E-state index in [2.05, 4.69) is 30.9 Å². The Morgan fingerprint density at radius 3 is 2.85 bits per heavy atom. The minimum Gasteiger partial charge on any atom is -0.497 e. The Kier molecular flexibility index (Phi) is 4.65. The first-order chi connectivity index (χ1) is 9.52. The summed E-state index contributed by atoms with van der Waals surface area (Å²) in [5.41, 5.74) is 1.21. The molecule has 1 fully saturated rings. The third kappa shape index (κ3) is 3.12. The second kappa shape index (κ2) is 6.27. The Morgan fingerprint density at radius 2 is 2.25 bits per heavy atom. The number of nitrogens with zero attached hydrogens (tertiary/aromatic N) is 1. The fourth-order valence-corrected chi connectivity index (χ4v) is 3.08. The number of carbonyl (C=O) groups is 1. The van der Waals surface area contributed by atoms with E-state index in [-0.39, 0.29) is 18.0 Å². The Bertz CT molecular complexity index is 475. The van der Waals surface area contributed by atoms with Crippen molar-refractivity contribution < 1.29 is 14.6 Å². The molecule has 1 aliphatic rings. The summed E-state index contributed by atoms with van der Waals surface area (Å²) >= 11 is 0. The van der Waals surface area contributed by atoms with Crippen molar-refractivity contribution in [1.29, 1.82) is 0 Å². The number of carboxylic acid groups (broad SMARTS) is 1. The van der Waals surface area contributed by atoms with E-state index in [1.54, 1.807) is 7.11 Å². The van der Waals surface area contributed by atoms with Gasteiger partial charge >= 0.3 is 5.97 Å². The summed E-state index contributed by atoms with van der Waals surface area (Å²) in [7, 11) is 1.67. The van der Waals surface area contributed by atoms with Gasteiger partial charge in [0.2, 0.25) is 0 Å². The van der Waals surface area contributed by atoms with E-state index in [1.807, 2.05) is 12.1 Å². The van der Waals surface area contributed by atoms with Crippen molar-refractivity contribution in [2.75, 3.05) is 13.7 Å². The molecule has 0 aromatic heterocycles. The number of likely N-dealkylation sites (tertiary alicyclic amines) is 1. The van der Waals surface area contributed by atoms with Crippen LogP contribution in [0, 0.1) is 5.92 Å². The van der Waals surface area contributed by atoms with Gasteiger partial charge in [0.05, 0.1) is 13.0 Å². The van der Waals surface area contributed by atoms with Crippen LogP contribution in [-0.2, 0) is 4.79 Å². The van der Waals surface area contributed by atoms with Gasteiger partial charge in [0, 0.05) is 12.1 Å². The van der Waals surface area contributed by atoms with E-state index in [9.17, 15) is 4.79 Å². The lowest BCUT2D eigenvalue weighted by Gasteiger charge is -2.40. The van der Waals surface area contributed by atoms with Crippen molar-refractivity contribution in [3.05, 3.63) is 29.8 Å². The van der Waals surface area contributed by atoms with E-state index in [1.165, 1.54) is 5.56 Å². The van der Waals surface area contributed by atoms with Crippen LogP contribution in [0.5, 0.6) is 5.75 Å². The summed E-state index contributed by atoms with van der Waals surface area (Å²) in [6.45, 7) is 5.12. The van der Waals surface area contributed by atoms with E-state index >= 15 is 0 Å². The molecule has 1 heterocycles. The highest BCUT2D eigenvalue weighted by Crippen LogP contribution is 2.32. The molecule has 20 heavy (non-hydrogen) atoms. The SMILES string of the molecule is COc1cccc(C(C)N2CCC(C(=O)O)CC2C)c1. The first-order valence-electron chi connectivity index (χ1n) is 7.15. The molecular formula is C16H23NO3. The standard InChI is InChI=1S/C16H23NO3/c1-11-9-14(16(18)19)7-8-17(11)12(2)13-5-4-6-15(10-13)20-3/h4-6,10-12,14H,7-9H2,1-3H3,(H,18,19). The van der Waals surface area contributed by atoms with Crippen LogP contribution < -0.4 is 4.74 Å². The molecule has 0 saturated carbocycles. The molecular weight excluding hydrogens is 254 g/mol. The van der Waals surface area contributed by atoms with Gasteiger partial charge in [-0.05, 0) is 50.9 Å². The zero-order chi connectivity index (χ0) is 14.7. The van der Waals surface area contributed by atoms with Gasteiger partial charge in [-0.2, -0.15) is 0 Å². The van der Waals surface area contributed by atoms with Gasteiger partial charge in [0.15, 0.2) is 0 Å². The van der Waals surface area contributed by atoms with Crippen LogP contribution in [0.4, 0.5) is 0 Å². The summed E-state index contributed by atoms with van der Waals surface area (Å²) in [4.78, 5) is 13.5. The highest BCUT2D eigenvalue weighted by atomic mass is 16.5. The van der Waals surface area contributed by atoms with Crippen molar-refractivity contribution in [2.45, 2.75) is 38.8 Å². The molecule has 1 aromatic carbocycles. The Hall–Kier alpha value is -1.55. The molecule has 3 unspecified atom stereocenters. The summed E-state index contributed by atoms with van der Waals surface area (Å²) in [5.74, 6) is 0.00622. The summed E-state index contributed by atoms with van der Waals surface area (Å²) < 4.78 is 5.27. The molecule has 1 aromatic rings. The van der Waals surface area contributed by atoms with Gasteiger partial charge in [0.1, 0.15) is 5.75 Å². The highest BCUT2D eigenvalue weighted by Gasteiger charge is 2.32. The lowest BCUT2D eigenvalue weighted by Crippen LogP contribution is -2.43. The average molecular weight is 277 g/mol. The fraction of sp³-hybridized carbons (Fsp3) is 0.562. The van der Waals surface area contributed by atoms with Gasteiger partial charge in [-0.15, -0.1) is 0 Å². The molecule has 110 valence electrons. The quantitative estimate of drug-likeness (QED) is 0.919. The molecule has 0 radical (unpaired) electrons. The first-order valence-corrected chi connectivity index (χ1v) is 7.15. The molecule has 0 spiro atoms. The molecule has 0 bridgehead atoms. The van der Waals surface area contributed by atoms with Crippen LogP contribution >= 0.6 is 0 Å². The Balaban J connectivity index is 2.09. The number of piperidine rings is 1. The molecule has 1 N–H and O–H groups in total. The van der Waals surface area contributed by atoms with Crippen molar-refractivity contribution in [1.82, 2.24) is 4.90 Å². The molecule has 3 atom stereocenters. The van der Waals surface area contributed by atoms with Crippen LogP contribution in [0.15, 0.2) is 24.3 Å². The number of aliphatic carboxylic acids is 1. The molecule has 2 rings (SSSR count). The van der Waals surface area contributed by atoms with Gasteiger partial charge in [-0.1, -0.05) is 12.1 Å². The third-order valence-corrected chi connectivity index (χ3v) is 4.35. The number of rotatable bonds is 4. The number of hydrogen-bond acceptors (Lipinski definition) is 3. The molecule has 1 saturated heterocycles. The zero-order valence-electron chi connectivity index (χ0n) is 12.4. The summed E-state index contributed by atoms with van der Waals surface area (Å²) in [6, 6.07) is 8.65. The molecule has 0 amide bonds. The van der Waals surface area contributed by atoms with Crippen molar-refractivity contribution in [3.8, 4) is 5.75 Å². The maximum atomic E-state index is 11.1. The summed E-state index contributed by atoms with van der Waals surface area (Å²) in [6.07, 6.45) is 1.46. The van der Waals surface area contributed by atoms with E-state index in [0.29, 0.717) is 0 Å². The van der Waals surface area contributed by atoms with E-state index < -0.39 is 5.97 Å². The highest BCUT2D eigenvalue weighted by molar-refractivity contribution is 5.70. The van der Waals surface area contributed by atoms with E-state index in [4.69, 9.17) is 9.84 Å². The summed E-state index contributed by atoms with van der Waals surface area (Å²) in [5, 5.41) is 9.13. The van der Waals surface area contributed by atoms with Crippen molar-refractivity contribution >= 4 is 5.97 Å². The zero-order valence-corrected chi connectivity index (χ0v) is 12.4. The normalized spacial score (nSPS) is 25.1. The Morgan fingerprint density at radius 1 is 1.50 bits per heavy atom. The Labute approximate surface area is 120 Å². The van der Waals surface area contributed by atoms with Gasteiger partial charge < -0.3 is 9.84 Å². The minimum atomic E-state index is -0.662. The number of carboxylic acids is 1. The van der Waals surface area contributed by atoms with Crippen LogP contribution in [0.25, 0.3) is 0 Å². The van der Waals surface area contributed by atoms with E-state index in [0.717, 1.165) is 25.1 Å². The molecule has 1 aliphatic heterocycles. The number of methoxy groups -OCH3 is 1. The topological polar surface area (TPSA) is 49.8 Å². The second-order valence-corrected chi connectivity index (χ2v) is 5.60. The number of ether oxygens (including phenoxy) is 1. The second-order valence-electron chi connectivity index (χ2n) is 5.60. The molecule has 4 nitrogen and oxygen atoms in total. The third-order valence-electron chi connectivity index (χ3n) is 4.35. The lowest BCUT2D eigenvalue weighted by molar-refractivity contribution is -0.144. The predicted octanol–water partition coefficient (Wildman–Crippen LogP) is 2.94. The van der Waals surface area contributed by atoms with Gasteiger partial charge in [-0.25, -0.2) is 0 Å². The van der Waals surface area contributed by atoms with Crippen LogP contribution in [-0.4, -0.2) is 35.7 Å². The number of benzene rings is 1. The maximum Gasteiger partial charge on any atom is 0.306 e. The molecule has 4 heteroatoms. The first kappa shape index (κ1) is 14.9. The number of hydrogen-bond donors (Lipinski definition) is 1. The van der Waals surface area contributed by atoms with Crippen LogP contribution in [0.2, 0.25) is 0 Å². The lowest BCUT2D eigenvalue weighted by atomic mass is 9.89. The molecule has 0 aliphatic carbocycles.